The van der Waals surface area contributed by atoms with Gasteiger partial charge in [-0.2, -0.15) is 0 Å². The number of benzene rings is 1. The van der Waals surface area contributed by atoms with Crippen molar-refractivity contribution in [1.29, 1.82) is 0 Å². The molecule has 0 saturated carbocycles. The molecular weight excluding hydrogens is 272 g/mol. The van der Waals surface area contributed by atoms with Crippen LogP contribution in [0.4, 0.5) is 0 Å². The number of aryl methyl sites for hydroxylation is 1. The summed E-state index contributed by atoms with van der Waals surface area (Å²) >= 11 is 0. The molecule has 0 aromatic heterocycles. The van der Waals surface area contributed by atoms with Gasteiger partial charge in [-0.15, -0.1) is 12.4 Å². The van der Waals surface area contributed by atoms with Gasteiger partial charge in [-0.1, -0.05) is 37.6 Å². The Balaban J connectivity index is 0.00000200. The predicted molar refractivity (Wildman–Crippen MR) is 85.2 cm³/mol. The average Bonchev–Trinajstić information content (AvgIpc) is 2.45. The molecule has 2 N–H and O–H groups in total. The molecule has 0 bridgehead atoms. The van der Waals surface area contributed by atoms with Crippen LogP contribution in [0.15, 0.2) is 24.3 Å². The quantitative estimate of drug-likeness (QED) is 0.928. The highest BCUT2D eigenvalue weighted by Crippen LogP contribution is 2.24. The standard InChI is InChI=1S/C16H24N2O.ClH/c1-3-6-15(17)16(19)18(2)14-10-9-12-7-4-5-8-13(12)11-14;/h4-5,7-8,14-15H,3,6,9-11,17H2,1-2H3;1H. The van der Waals surface area contributed by atoms with Gasteiger partial charge in [0.05, 0.1) is 6.04 Å². The normalized spacial score (nSPS) is 18.6. The smallest absolute Gasteiger partial charge is 0.239 e. The van der Waals surface area contributed by atoms with Crippen molar-refractivity contribution in [2.24, 2.45) is 5.73 Å². The molecule has 2 rings (SSSR count). The van der Waals surface area contributed by atoms with E-state index in [4.69, 9.17) is 5.73 Å². The fourth-order valence-corrected chi connectivity index (χ4v) is 2.89. The van der Waals surface area contributed by atoms with Crippen molar-refractivity contribution >= 4 is 18.3 Å². The van der Waals surface area contributed by atoms with Crippen molar-refractivity contribution < 1.29 is 4.79 Å². The molecule has 3 nitrogen and oxygen atoms in total. The number of fused-ring (bicyclic) bond motifs is 1. The van der Waals surface area contributed by atoms with Crippen LogP contribution in [0.2, 0.25) is 0 Å². The lowest BCUT2D eigenvalue weighted by Gasteiger charge is -2.34. The summed E-state index contributed by atoms with van der Waals surface area (Å²) in [6, 6.07) is 8.48. The highest BCUT2D eigenvalue weighted by atomic mass is 35.5. The van der Waals surface area contributed by atoms with E-state index in [0.29, 0.717) is 6.04 Å². The zero-order chi connectivity index (χ0) is 13.8. The lowest BCUT2D eigenvalue weighted by Crippen LogP contribution is -2.48. The summed E-state index contributed by atoms with van der Waals surface area (Å²) in [6.45, 7) is 2.06. The minimum Gasteiger partial charge on any atom is -0.341 e. The first-order valence-corrected chi connectivity index (χ1v) is 7.22. The number of rotatable bonds is 4. The van der Waals surface area contributed by atoms with Crippen molar-refractivity contribution in [3.63, 3.8) is 0 Å². The van der Waals surface area contributed by atoms with E-state index >= 15 is 0 Å². The molecule has 0 heterocycles. The Kier molecular flexibility index (Phi) is 6.50. The van der Waals surface area contributed by atoms with Gasteiger partial charge >= 0.3 is 0 Å². The van der Waals surface area contributed by atoms with Crippen molar-refractivity contribution in [1.82, 2.24) is 4.90 Å². The molecule has 1 aliphatic carbocycles. The van der Waals surface area contributed by atoms with Gasteiger partial charge in [-0.25, -0.2) is 0 Å². The van der Waals surface area contributed by atoms with Crippen LogP contribution in [-0.4, -0.2) is 29.9 Å². The Labute approximate surface area is 127 Å². The predicted octanol–water partition coefficient (Wildman–Crippen LogP) is 2.55. The minimum absolute atomic E-state index is 0. The molecule has 0 aliphatic heterocycles. The summed E-state index contributed by atoms with van der Waals surface area (Å²) < 4.78 is 0. The Hall–Kier alpha value is -1.06. The van der Waals surface area contributed by atoms with Crippen LogP contribution in [0.5, 0.6) is 0 Å². The Morgan fingerprint density at radius 3 is 2.70 bits per heavy atom. The number of carbonyl (C=O) groups excluding carboxylic acids is 1. The van der Waals surface area contributed by atoms with E-state index in [1.807, 2.05) is 11.9 Å². The molecule has 1 aromatic rings. The molecule has 4 heteroatoms. The van der Waals surface area contributed by atoms with Crippen LogP contribution >= 0.6 is 12.4 Å². The maximum atomic E-state index is 12.2. The van der Waals surface area contributed by atoms with Gasteiger partial charge in [-0.3, -0.25) is 4.79 Å². The molecule has 2 atom stereocenters. The van der Waals surface area contributed by atoms with Crippen molar-refractivity contribution in [2.45, 2.75) is 51.1 Å². The van der Waals surface area contributed by atoms with Crippen LogP contribution < -0.4 is 5.73 Å². The first-order valence-electron chi connectivity index (χ1n) is 7.22. The number of carbonyl (C=O) groups is 1. The molecule has 1 aliphatic rings. The molecule has 1 aromatic carbocycles. The molecule has 1 amide bonds. The van der Waals surface area contributed by atoms with E-state index in [-0.39, 0.29) is 24.4 Å². The minimum atomic E-state index is -0.341. The molecule has 2 unspecified atom stereocenters. The SMILES string of the molecule is CCCC(N)C(=O)N(C)C1CCc2ccccc2C1.Cl. The van der Waals surface area contributed by atoms with Gasteiger partial charge in [0.25, 0.3) is 0 Å². The zero-order valence-electron chi connectivity index (χ0n) is 12.3. The van der Waals surface area contributed by atoms with Gasteiger partial charge < -0.3 is 10.6 Å². The van der Waals surface area contributed by atoms with Crippen LogP contribution in [0.1, 0.15) is 37.3 Å². The van der Waals surface area contributed by atoms with Crippen molar-refractivity contribution in [2.75, 3.05) is 7.05 Å². The largest absolute Gasteiger partial charge is 0.341 e. The van der Waals surface area contributed by atoms with Crippen molar-refractivity contribution in [3.05, 3.63) is 35.4 Å². The third-order valence-electron chi connectivity index (χ3n) is 4.13. The first kappa shape index (κ1) is 17.0. The summed E-state index contributed by atoms with van der Waals surface area (Å²) in [5, 5.41) is 0. The summed E-state index contributed by atoms with van der Waals surface area (Å²) in [5.41, 5.74) is 8.74. The topological polar surface area (TPSA) is 46.3 Å². The maximum absolute atomic E-state index is 12.2. The van der Waals surface area contributed by atoms with Crippen molar-refractivity contribution in [3.8, 4) is 0 Å². The molecule has 0 spiro atoms. The second-order valence-electron chi connectivity index (χ2n) is 5.51. The highest BCUT2D eigenvalue weighted by Gasteiger charge is 2.27. The zero-order valence-corrected chi connectivity index (χ0v) is 13.2. The van der Waals surface area contributed by atoms with E-state index in [1.165, 1.54) is 11.1 Å². The van der Waals surface area contributed by atoms with Gasteiger partial charge in [0.2, 0.25) is 5.91 Å². The van der Waals surface area contributed by atoms with Crippen LogP contribution in [-0.2, 0) is 17.6 Å². The molecule has 0 radical (unpaired) electrons. The fraction of sp³-hybridized carbons (Fsp3) is 0.562. The molecular formula is C16H25ClN2O. The second kappa shape index (κ2) is 7.65. The molecule has 112 valence electrons. The summed E-state index contributed by atoms with van der Waals surface area (Å²) in [5.74, 6) is 0.0891. The van der Waals surface area contributed by atoms with Crippen LogP contribution in [0.25, 0.3) is 0 Å². The highest BCUT2D eigenvalue weighted by molar-refractivity contribution is 5.85. The number of nitrogens with two attached hydrogens (primary N) is 1. The number of hydrogen-bond acceptors (Lipinski definition) is 2. The van der Waals surface area contributed by atoms with Crippen LogP contribution in [0.3, 0.4) is 0 Å². The number of hydrogen-bond donors (Lipinski definition) is 1. The van der Waals surface area contributed by atoms with E-state index in [2.05, 4.69) is 31.2 Å². The van der Waals surface area contributed by atoms with Gasteiger partial charge in [0.1, 0.15) is 0 Å². The van der Waals surface area contributed by atoms with E-state index < -0.39 is 0 Å². The Morgan fingerprint density at radius 1 is 1.40 bits per heavy atom. The molecule has 0 saturated heterocycles. The van der Waals surface area contributed by atoms with E-state index in [1.54, 1.807) is 0 Å². The second-order valence-corrected chi connectivity index (χ2v) is 5.51. The summed E-state index contributed by atoms with van der Waals surface area (Å²) in [6.07, 6.45) is 4.78. The fourth-order valence-electron chi connectivity index (χ4n) is 2.89. The van der Waals surface area contributed by atoms with Gasteiger partial charge in [-0.05, 0) is 36.8 Å². The monoisotopic (exact) mass is 296 g/mol. The van der Waals surface area contributed by atoms with Gasteiger partial charge in [0, 0.05) is 13.1 Å². The maximum Gasteiger partial charge on any atom is 0.239 e. The number of halogens is 1. The molecule has 20 heavy (non-hydrogen) atoms. The summed E-state index contributed by atoms with van der Waals surface area (Å²) in [4.78, 5) is 14.1. The lowest BCUT2D eigenvalue weighted by atomic mass is 9.87. The number of likely N-dealkylation sites (N-methyl/N-ethyl adjacent to an activating group) is 1. The molecule has 0 fully saturated rings. The number of amides is 1. The number of nitrogens with zero attached hydrogens (tertiary/aromatic N) is 1. The summed E-state index contributed by atoms with van der Waals surface area (Å²) in [7, 11) is 1.90. The van der Waals surface area contributed by atoms with E-state index in [0.717, 1.165) is 32.1 Å². The lowest BCUT2D eigenvalue weighted by molar-refractivity contribution is -0.133. The Morgan fingerprint density at radius 2 is 2.05 bits per heavy atom. The third kappa shape index (κ3) is 3.74. The Bertz CT molecular complexity index is 450. The average molecular weight is 297 g/mol. The third-order valence-corrected chi connectivity index (χ3v) is 4.13. The van der Waals surface area contributed by atoms with Gasteiger partial charge in [0.15, 0.2) is 0 Å². The van der Waals surface area contributed by atoms with Crippen LogP contribution in [0, 0.1) is 0 Å². The van der Waals surface area contributed by atoms with E-state index in [9.17, 15) is 4.79 Å². The first-order chi connectivity index (χ1) is 9.13.